The molecule has 0 bridgehead atoms. The average Bonchev–Trinajstić information content (AvgIpc) is 2.84. The molecular formula is C25H38N4O4. The van der Waals surface area contributed by atoms with Crippen molar-refractivity contribution in [2.75, 3.05) is 19.6 Å². The number of piperidine rings is 1. The summed E-state index contributed by atoms with van der Waals surface area (Å²) in [6, 6.07) is 2.81. The first-order chi connectivity index (χ1) is 15.9. The van der Waals surface area contributed by atoms with E-state index in [0.717, 1.165) is 48.8 Å². The van der Waals surface area contributed by atoms with Gasteiger partial charge in [0.25, 0.3) is 0 Å². The molecule has 3 heterocycles. The number of pyridine rings is 1. The summed E-state index contributed by atoms with van der Waals surface area (Å²) in [6.45, 7) is 4.75. The van der Waals surface area contributed by atoms with E-state index in [1.165, 1.54) is 18.8 Å². The number of nitrogens with zero attached hydrogens (tertiary/aromatic N) is 3. The van der Waals surface area contributed by atoms with Crippen molar-refractivity contribution in [1.29, 1.82) is 0 Å². The van der Waals surface area contributed by atoms with Gasteiger partial charge in [-0.15, -0.1) is 0 Å². The zero-order valence-electron chi connectivity index (χ0n) is 19.7. The maximum atomic E-state index is 13.6. The summed E-state index contributed by atoms with van der Waals surface area (Å²) in [5.74, 6) is -0.141. The molecule has 1 aromatic heterocycles. The standard InChI is InChI=1S/C25H38N4O4/c1-2-3-13-29-23(31)21(22(30)20-7-5-4-6-8-20)26-24(32)25(29)11-16-27(17-12-25)18-19-9-14-28(33)15-10-19/h9-10,14-15,20-22,30H,2-8,11-13,16-18H2,1H3,(H,26,32)/t21-,22-/m1/s1. The highest BCUT2D eigenvalue weighted by Gasteiger charge is 2.55. The molecule has 182 valence electrons. The van der Waals surface area contributed by atoms with Gasteiger partial charge in [-0.1, -0.05) is 32.6 Å². The molecule has 1 saturated carbocycles. The van der Waals surface area contributed by atoms with E-state index < -0.39 is 17.7 Å². The number of nitrogens with one attached hydrogen (secondary N) is 1. The van der Waals surface area contributed by atoms with Crippen LogP contribution in [0, 0.1) is 11.1 Å². The van der Waals surface area contributed by atoms with Crippen LogP contribution in [0.4, 0.5) is 0 Å². The molecule has 0 unspecified atom stereocenters. The summed E-state index contributed by atoms with van der Waals surface area (Å²) < 4.78 is 0.774. The summed E-state index contributed by atoms with van der Waals surface area (Å²) in [6.07, 6.45) is 10.3. The van der Waals surface area contributed by atoms with Crippen LogP contribution in [0.3, 0.4) is 0 Å². The van der Waals surface area contributed by atoms with Crippen LogP contribution in [0.1, 0.15) is 70.3 Å². The third-order valence-electron chi connectivity index (χ3n) is 7.93. The third-order valence-corrected chi connectivity index (χ3v) is 7.93. The Balaban J connectivity index is 1.47. The van der Waals surface area contributed by atoms with Gasteiger partial charge >= 0.3 is 0 Å². The van der Waals surface area contributed by atoms with Crippen molar-refractivity contribution < 1.29 is 19.4 Å². The van der Waals surface area contributed by atoms with E-state index in [0.29, 0.717) is 39.0 Å². The average molecular weight is 459 g/mol. The molecule has 2 N–H and O–H groups in total. The minimum atomic E-state index is -0.833. The lowest BCUT2D eigenvalue weighted by molar-refractivity contribution is -0.605. The Morgan fingerprint density at radius 3 is 2.48 bits per heavy atom. The van der Waals surface area contributed by atoms with Gasteiger partial charge in [0.1, 0.15) is 11.6 Å². The smallest absolute Gasteiger partial charge is 0.248 e. The molecule has 3 aliphatic rings. The molecule has 2 saturated heterocycles. The number of hydrogen-bond acceptors (Lipinski definition) is 5. The number of aliphatic hydroxyl groups excluding tert-OH is 1. The number of carbonyl (C=O) groups excluding carboxylic acids is 2. The van der Waals surface area contributed by atoms with E-state index >= 15 is 0 Å². The summed E-state index contributed by atoms with van der Waals surface area (Å²) in [5.41, 5.74) is 0.223. The topological polar surface area (TPSA) is 99.8 Å². The molecular weight excluding hydrogens is 420 g/mol. The van der Waals surface area contributed by atoms with Crippen molar-refractivity contribution in [1.82, 2.24) is 15.1 Å². The van der Waals surface area contributed by atoms with Crippen molar-refractivity contribution in [2.24, 2.45) is 5.92 Å². The monoisotopic (exact) mass is 458 g/mol. The van der Waals surface area contributed by atoms with Gasteiger partial charge in [-0.3, -0.25) is 14.5 Å². The molecule has 1 spiro atoms. The lowest BCUT2D eigenvalue weighted by Crippen LogP contribution is -2.75. The second-order valence-corrected chi connectivity index (χ2v) is 10.1. The summed E-state index contributed by atoms with van der Waals surface area (Å²) in [4.78, 5) is 31.2. The predicted molar refractivity (Wildman–Crippen MR) is 124 cm³/mol. The number of likely N-dealkylation sites (tertiary alicyclic amines) is 1. The minimum absolute atomic E-state index is 0.0793. The molecule has 2 aliphatic heterocycles. The van der Waals surface area contributed by atoms with Gasteiger partial charge in [-0.25, -0.2) is 0 Å². The molecule has 8 heteroatoms. The number of carbonyl (C=O) groups is 2. The van der Waals surface area contributed by atoms with Gasteiger partial charge in [0.15, 0.2) is 12.4 Å². The maximum absolute atomic E-state index is 13.6. The Labute approximate surface area is 196 Å². The third kappa shape index (κ3) is 5.01. The Morgan fingerprint density at radius 2 is 1.85 bits per heavy atom. The van der Waals surface area contributed by atoms with E-state index in [9.17, 15) is 19.9 Å². The zero-order chi connectivity index (χ0) is 23.4. The summed E-state index contributed by atoms with van der Waals surface area (Å²) in [7, 11) is 0. The molecule has 1 aromatic rings. The van der Waals surface area contributed by atoms with Crippen LogP contribution in [-0.4, -0.2) is 64.0 Å². The van der Waals surface area contributed by atoms with Crippen molar-refractivity contribution in [3.05, 3.63) is 35.3 Å². The second-order valence-electron chi connectivity index (χ2n) is 10.1. The molecule has 8 nitrogen and oxygen atoms in total. The van der Waals surface area contributed by atoms with Crippen LogP contribution in [-0.2, 0) is 16.1 Å². The number of aliphatic hydroxyl groups is 1. The maximum Gasteiger partial charge on any atom is 0.248 e. The summed E-state index contributed by atoms with van der Waals surface area (Å²) in [5, 5.41) is 25.3. The van der Waals surface area contributed by atoms with Crippen molar-refractivity contribution in [2.45, 2.75) is 88.9 Å². The van der Waals surface area contributed by atoms with E-state index in [2.05, 4.69) is 17.1 Å². The Hall–Kier alpha value is -2.19. The van der Waals surface area contributed by atoms with Gasteiger partial charge in [0.05, 0.1) is 6.10 Å². The van der Waals surface area contributed by atoms with Crippen LogP contribution in [0.5, 0.6) is 0 Å². The number of rotatable bonds is 7. The van der Waals surface area contributed by atoms with E-state index in [1.807, 2.05) is 17.0 Å². The molecule has 1 aliphatic carbocycles. The Morgan fingerprint density at radius 1 is 1.18 bits per heavy atom. The zero-order valence-corrected chi connectivity index (χ0v) is 19.7. The van der Waals surface area contributed by atoms with Crippen molar-refractivity contribution in [3.8, 4) is 0 Å². The first kappa shape index (κ1) is 24.0. The molecule has 3 fully saturated rings. The fraction of sp³-hybridized carbons (Fsp3) is 0.720. The molecule has 4 rings (SSSR count). The van der Waals surface area contributed by atoms with Gasteiger partial charge in [0, 0.05) is 38.3 Å². The largest absolute Gasteiger partial charge is 0.619 e. The van der Waals surface area contributed by atoms with Gasteiger partial charge in [0.2, 0.25) is 11.8 Å². The van der Waals surface area contributed by atoms with E-state index in [4.69, 9.17) is 0 Å². The molecule has 33 heavy (non-hydrogen) atoms. The fourth-order valence-electron chi connectivity index (χ4n) is 5.84. The lowest BCUT2D eigenvalue weighted by Gasteiger charge is -2.52. The second kappa shape index (κ2) is 10.4. The van der Waals surface area contributed by atoms with Crippen LogP contribution in [0.25, 0.3) is 0 Å². The number of hydrogen-bond donors (Lipinski definition) is 2. The molecule has 2 atom stereocenters. The van der Waals surface area contributed by atoms with E-state index in [1.54, 1.807) is 0 Å². The van der Waals surface area contributed by atoms with Gasteiger partial charge < -0.3 is 20.5 Å². The number of unbranched alkanes of at least 4 members (excludes halogenated alkanes) is 1. The first-order valence-corrected chi connectivity index (χ1v) is 12.6. The lowest BCUT2D eigenvalue weighted by atomic mass is 9.78. The van der Waals surface area contributed by atoms with Gasteiger partial charge in [-0.05, 0) is 43.6 Å². The normalized spacial score (nSPS) is 25.3. The predicted octanol–water partition coefficient (Wildman–Crippen LogP) is 1.72. The molecule has 2 amide bonds. The molecule has 0 aromatic carbocycles. The van der Waals surface area contributed by atoms with Crippen LogP contribution < -0.4 is 10.0 Å². The minimum Gasteiger partial charge on any atom is -0.619 e. The first-order valence-electron chi connectivity index (χ1n) is 12.6. The van der Waals surface area contributed by atoms with Crippen molar-refractivity contribution in [3.63, 3.8) is 0 Å². The Bertz CT molecular complexity index is 816. The fourth-order valence-corrected chi connectivity index (χ4v) is 5.84. The number of aromatic nitrogens is 1. The van der Waals surface area contributed by atoms with Crippen LogP contribution >= 0.6 is 0 Å². The SMILES string of the molecule is CCCCN1C(=O)[C@@H]([C@H](O)C2CCCCC2)NC(=O)C12CCN(Cc1cc[n+]([O-])cc1)CC2. The highest BCUT2D eigenvalue weighted by atomic mass is 16.5. The van der Waals surface area contributed by atoms with Crippen molar-refractivity contribution >= 4 is 11.8 Å². The van der Waals surface area contributed by atoms with E-state index in [-0.39, 0.29) is 17.7 Å². The molecule has 0 radical (unpaired) electrons. The quantitative estimate of drug-likeness (QED) is 0.479. The van der Waals surface area contributed by atoms with Gasteiger partial charge in [-0.2, -0.15) is 4.73 Å². The van der Waals surface area contributed by atoms with Crippen LogP contribution in [0.15, 0.2) is 24.5 Å². The van der Waals surface area contributed by atoms with Crippen LogP contribution in [0.2, 0.25) is 0 Å². The number of piperazine rings is 1. The Kier molecular flexibility index (Phi) is 7.54. The number of amides is 2. The highest BCUT2D eigenvalue weighted by molar-refractivity contribution is 6.00. The summed E-state index contributed by atoms with van der Waals surface area (Å²) >= 11 is 0. The highest BCUT2D eigenvalue weighted by Crippen LogP contribution is 2.36.